The molecule has 0 aromatic carbocycles. The second-order valence-corrected chi connectivity index (χ2v) is 12.6. The van der Waals surface area contributed by atoms with E-state index < -0.39 is 0 Å². The third kappa shape index (κ3) is 9.09. The average Bonchev–Trinajstić information content (AvgIpc) is 2.90. The summed E-state index contributed by atoms with van der Waals surface area (Å²) in [7, 11) is 0. The highest BCUT2D eigenvalue weighted by molar-refractivity contribution is 5.72. The molecule has 3 nitrogen and oxygen atoms in total. The van der Waals surface area contributed by atoms with Gasteiger partial charge in [-0.15, -0.1) is 0 Å². The van der Waals surface area contributed by atoms with E-state index in [0.29, 0.717) is 0 Å². The summed E-state index contributed by atoms with van der Waals surface area (Å²) in [5.41, 5.74) is -0.163. The van der Waals surface area contributed by atoms with Gasteiger partial charge in [-0.05, 0) is 88.4 Å². The molecule has 35 heavy (non-hydrogen) atoms. The second-order valence-electron chi connectivity index (χ2n) is 12.6. The molecule has 0 heterocycles. The van der Waals surface area contributed by atoms with E-state index in [1.807, 2.05) is 0 Å². The summed E-state index contributed by atoms with van der Waals surface area (Å²) < 4.78 is 6.00. The standard InChI is InChI=1S/C32H55NO2/c1-3-5-7-8-9-11-26-12-14-27(15-13-26)28-16-18-29(19-17-28)31(34)35-30-20-23-32(25-33,24-21-30)22-10-6-4-2/h26-30H,3-24H2,1-2H3. The first-order chi connectivity index (χ1) is 17.1. The molecular weight excluding hydrogens is 430 g/mol. The van der Waals surface area contributed by atoms with Gasteiger partial charge in [-0.25, -0.2) is 0 Å². The van der Waals surface area contributed by atoms with Crippen LogP contribution in [0, 0.1) is 40.4 Å². The number of carbonyl (C=O) groups excluding carboxylic acids is 1. The number of unbranched alkanes of at least 4 members (excludes halogenated alkanes) is 6. The number of nitriles is 1. The molecule has 0 aromatic heterocycles. The van der Waals surface area contributed by atoms with E-state index in [4.69, 9.17) is 4.74 Å². The zero-order chi connectivity index (χ0) is 24.9. The second kappa shape index (κ2) is 15.3. The molecule has 0 unspecified atom stereocenters. The van der Waals surface area contributed by atoms with Gasteiger partial charge in [0.25, 0.3) is 0 Å². The van der Waals surface area contributed by atoms with Crippen molar-refractivity contribution >= 4 is 5.97 Å². The van der Waals surface area contributed by atoms with Crippen LogP contribution < -0.4 is 0 Å². The van der Waals surface area contributed by atoms with Gasteiger partial charge < -0.3 is 4.74 Å². The Morgan fingerprint density at radius 1 is 0.771 bits per heavy atom. The first-order valence-electron chi connectivity index (χ1n) is 15.7. The largest absolute Gasteiger partial charge is 0.462 e. The molecule has 3 rings (SSSR count). The Balaban J connectivity index is 1.30. The van der Waals surface area contributed by atoms with Crippen molar-refractivity contribution in [1.29, 1.82) is 5.26 Å². The molecule has 0 amide bonds. The van der Waals surface area contributed by atoms with Crippen molar-refractivity contribution in [2.24, 2.45) is 29.1 Å². The number of rotatable bonds is 13. The summed E-state index contributed by atoms with van der Waals surface area (Å²) >= 11 is 0. The Morgan fingerprint density at radius 3 is 1.94 bits per heavy atom. The van der Waals surface area contributed by atoms with Crippen LogP contribution in [0.5, 0.6) is 0 Å². The maximum absolute atomic E-state index is 12.9. The first kappa shape index (κ1) is 28.5. The summed E-state index contributed by atoms with van der Waals surface area (Å²) in [5, 5.41) is 9.77. The van der Waals surface area contributed by atoms with E-state index in [0.717, 1.165) is 69.1 Å². The van der Waals surface area contributed by atoms with Gasteiger partial charge in [0.1, 0.15) is 6.10 Å². The lowest BCUT2D eigenvalue weighted by molar-refractivity contribution is -0.158. The van der Waals surface area contributed by atoms with E-state index in [9.17, 15) is 10.1 Å². The molecule has 3 heteroatoms. The minimum Gasteiger partial charge on any atom is -0.462 e. The lowest BCUT2D eigenvalue weighted by Crippen LogP contribution is -2.34. The molecule has 0 spiro atoms. The van der Waals surface area contributed by atoms with Crippen molar-refractivity contribution in [2.45, 2.75) is 161 Å². The van der Waals surface area contributed by atoms with E-state index >= 15 is 0 Å². The van der Waals surface area contributed by atoms with Gasteiger partial charge in [-0.3, -0.25) is 4.79 Å². The third-order valence-electron chi connectivity index (χ3n) is 10.0. The van der Waals surface area contributed by atoms with Crippen LogP contribution in [0.2, 0.25) is 0 Å². The number of carbonyl (C=O) groups is 1. The third-order valence-corrected chi connectivity index (χ3v) is 10.0. The Bertz CT molecular complexity index is 628. The fraction of sp³-hybridized carbons (Fsp3) is 0.938. The summed E-state index contributed by atoms with van der Waals surface area (Å²) in [6.07, 6.45) is 27.0. The van der Waals surface area contributed by atoms with Crippen molar-refractivity contribution in [3.63, 3.8) is 0 Å². The van der Waals surface area contributed by atoms with Gasteiger partial charge in [0, 0.05) is 0 Å². The van der Waals surface area contributed by atoms with Gasteiger partial charge in [-0.2, -0.15) is 5.26 Å². The highest BCUT2D eigenvalue weighted by Gasteiger charge is 2.38. The maximum Gasteiger partial charge on any atom is 0.309 e. The topological polar surface area (TPSA) is 50.1 Å². The molecule has 0 saturated heterocycles. The summed E-state index contributed by atoms with van der Waals surface area (Å²) in [6, 6.07) is 2.63. The molecular formula is C32H55NO2. The van der Waals surface area contributed by atoms with Crippen LogP contribution >= 0.6 is 0 Å². The lowest BCUT2D eigenvalue weighted by Gasteiger charge is -2.38. The Hall–Kier alpha value is -1.04. The van der Waals surface area contributed by atoms with Crippen LogP contribution in [-0.2, 0) is 9.53 Å². The number of esters is 1. The minimum atomic E-state index is -0.163. The minimum absolute atomic E-state index is 0.0464. The molecule has 0 aromatic rings. The number of nitrogens with zero attached hydrogens (tertiary/aromatic N) is 1. The van der Waals surface area contributed by atoms with E-state index in [2.05, 4.69) is 19.9 Å². The molecule has 0 bridgehead atoms. The lowest BCUT2D eigenvalue weighted by atomic mass is 9.68. The molecule has 0 atom stereocenters. The number of hydrogen-bond donors (Lipinski definition) is 0. The Labute approximate surface area is 217 Å². The molecule has 0 aliphatic heterocycles. The molecule has 3 aliphatic carbocycles. The molecule has 3 aliphatic rings. The number of hydrogen-bond acceptors (Lipinski definition) is 3. The molecule has 3 saturated carbocycles. The van der Waals surface area contributed by atoms with Crippen LogP contribution in [-0.4, -0.2) is 12.1 Å². The van der Waals surface area contributed by atoms with Gasteiger partial charge in [0.05, 0.1) is 17.4 Å². The monoisotopic (exact) mass is 485 g/mol. The highest BCUT2D eigenvalue weighted by atomic mass is 16.5. The van der Waals surface area contributed by atoms with Crippen molar-refractivity contribution < 1.29 is 9.53 Å². The molecule has 0 N–H and O–H groups in total. The smallest absolute Gasteiger partial charge is 0.309 e. The predicted octanol–water partition coefficient (Wildman–Crippen LogP) is 9.54. The van der Waals surface area contributed by atoms with Crippen LogP contribution in [0.4, 0.5) is 0 Å². The summed E-state index contributed by atoms with van der Waals surface area (Å²) in [4.78, 5) is 12.9. The SMILES string of the molecule is CCCCCCCC1CCC(C2CCC(C(=O)OC3CCC(C#N)(CCCCC)CC3)CC2)CC1. The zero-order valence-electron chi connectivity index (χ0n) is 23.2. The van der Waals surface area contributed by atoms with Crippen molar-refractivity contribution in [1.82, 2.24) is 0 Å². The molecule has 200 valence electrons. The summed E-state index contributed by atoms with van der Waals surface area (Å²) in [5.74, 6) is 2.93. The Kier molecular flexibility index (Phi) is 12.4. The van der Waals surface area contributed by atoms with Gasteiger partial charge in [0.15, 0.2) is 0 Å². The Morgan fingerprint density at radius 2 is 1.34 bits per heavy atom. The van der Waals surface area contributed by atoms with Crippen molar-refractivity contribution in [3.05, 3.63) is 0 Å². The van der Waals surface area contributed by atoms with Crippen LogP contribution in [0.3, 0.4) is 0 Å². The summed E-state index contributed by atoms with van der Waals surface area (Å²) in [6.45, 7) is 4.51. The number of ether oxygens (including phenoxy) is 1. The van der Waals surface area contributed by atoms with Gasteiger partial charge in [0.2, 0.25) is 0 Å². The van der Waals surface area contributed by atoms with E-state index in [-0.39, 0.29) is 23.4 Å². The quantitative estimate of drug-likeness (QED) is 0.193. The fourth-order valence-electron chi connectivity index (χ4n) is 7.46. The van der Waals surface area contributed by atoms with Crippen LogP contribution in [0.25, 0.3) is 0 Å². The van der Waals surface area contributed by atoms with E-state index in [1.54, 1.807) is 0 Å². The van der Waals surface area contributed by atoms with Crippen LogP contribution in [0.1, 0.15) is 155 Å². The van der Waals surface area contributed by atoms with Crippen LogP contribution in [0.15, 0.2) is 0 Å². The highest BCUT2D eigenvalue weighted by Crippen LogP contribution is 2.44. The maximum atomic E-state index is 12.9. The zero-order valence-corrected chi connectivity index (χ0v) is 23.2. The predicted molar refractivity (Wildman–Crippen MR) is 145 cm³/mol. The van der Waals surface area contributed by atoms with Gasteiger partial charge >= 0.3 is 5.97 Å². The first-order valence-corrected chi connectivity index (χ1v) is 15.7. The van der Waals surface area contributed by atoms with Gasteiger partial charge in [-0.1, -0.05) is 84.5 Å². The van der Waals surface area contributed by atoms with Crippen molar-refractivity contribution in [2.75, 3.05) is 0 Å². The molecule has 0 radical (unpaired) electrons. The molecule has 3 fully saturated rings. The van der Waals surface area contributed by atoms with E-state index in [1.165, 1.54) is 89.9 Å². The fourth-order valence-corrected chi connectivity index (χ4v) is 7.46. The normalized spacial score (nSPS) is 33.7. The van der Waals surface area contributed by atoms with Crippen molar-refractivity contribution in [3.8, 4) is 6.07 Å². The average molecular weight is 486 g/mol.